The van der Waals surface area contributed by atoms with Crippen molar-refractivity contribution in [1.82, 2.24) is 10.3 Å². The van der Waals surface area contributed by atoms with Gasteiger partial charge in [0.25, 0.3) is 15.7 Å². The molecular weight excluding hydrogens is 646 g/mol. The fraction of sp³-hybridized carbons (Fsp3) is 0.375. The largest absolute Gasteiger partial charge is 0.501 e. The van der Waals surface area contributed by atoms with Crippen molar-refractivity contribution in [2.75, 3.05) is 12.4 Å². The summed E-state index contributed by atoms with van der Waals surface area (Å²) in [5.74, 6) is -4.55. The number of pyridine rings is 1. The zero-order valence-electron chi connectivity index (χ0n) is 24.8. The lowest BCUT2D eigenvalue weighted by atomic mass is 9.83. The summed E-state index contributed by atoms with van der Waals surface area (Å²) in [6.45, 7) is 0. The van der Waals surface area contributed by atoms with Crippen LogP contribution in [0.3, 0.4) is 0 Å². The lowest BCUT2D eigenvalue weighted by Crippen LogP contribution is -2.48. The number of alkyl halides is 3. The summed E-state index contributed by atoms with van der Waals surface area (Å²) in [6, 6.07) is 8.82. The highest BCUT2D eigenvalue weighted by Crippen LogP contribution is 2.49. The minimum atomic E-state index is -5.63. The molecule has 10 nitrogen and oxygen atoms in total. The Balaban J connectivity index is 1.22. The molecule has 47 heavy (non-hydrogen) atoms. The van der Waals surface area contributed by atoms with Crippen LogP contribution in [0.4, 0.5) is 23.2 Å². The summed E-state index contributed by atoms with van der Waals surface area (Å²) in [5, 5.41) is 14.6. The highest BCUT2D eigenvalue weighted by Gasteiger charge is 2.52. The number of methoxy groups -OCH3 is 1. The van der Waals surface area contributed by atoms with Crippen LogP contribution in [0.2, 0.25) is 0 Å². The van der Waals surface area contributed by atoms with Gasteiger partial charge < -0.3 is 20.5 Å². The number of rotatable bonds is 9. The molecule has 2 bridgehead atoms. The Bertz CT molecular complexity index is 1870. The van der Waals surface area contributed by atoms with Gasteiger partial charge in [0.15, 0.2) is 0 Å². The van der Waals surface area contributed by atoms with Gasteiger partial charge in [0.2, 0.25) is 5.91 Å². The number of hydrogen-bond donors (Lipinski definition) is 3. The van der Waals surface area contributed by atoms with Crippen LogP contribution >= 0.6 is 0 Å². The molecule has 6 rings (SSSR count). The standard InChI is InChI=1S/C32H29F4N3O7S/c1-46-26-13-24(33)20(17-7-8-25(37-14-17)21-12-22(21)31(42)43)11-23(26)29(40)39-28-16-6-5-15(9-16)27(28)30(41)38-18-3-2-4-19(10-18)47(44,45)32(34,35)36/h2-4,7-8,10-11,13-16,21-22,27-28H,5-6,9,12H2,1H3,(H,38,41)(H,39,40)(H,42,43)/t15-,16+,21?,22-,27+,28-/m1/s1. The third kappa shape index (κ3) is 6.03. The van der Waals surface area contributed by atoms with Gasteiger partial charge >= 0.3 is 11.5 Å². The zero-order valence-corrected chi connectivity index (χ0v) is 25.6. The number of anilines is 1. The fourth-order valence-corrected chi connectivity index (χ4v) is 7.71. The maximum atomic E-state index is 15.2. The van der Waals surface area contributed by atoms with Gasteiger partial charge in [-0.25, -0.2) is 12.8 Å². The molecule has 1 heterocycles. The van der Waals surface area contributed by atoms with Gasteiger partial charge in [0.1, 0.15) is 11.6 Å². The lowest BCUT2D eigenvalue weighted by Gasteiger charge is -2.31. The molecule has 3 N–H and O–H groups in total. The Hall–Kier alpha value is -4.53. The van der Waals surface area contributed by atoms with Crippen molar-refractivity contribution in [3.8, 4) is 16.9 Å². The van der Waals surface area contributed by atoms with Crippen LogP contribution in [0.25, 0.3) is 11.1 Å². The molecule has 2 amide bonds. The molecular formula is C32H29F4N3O7S. The van der Waals surface area contributed by atoms with Crippen LogP contribution in [0.5, 0.6) is 5.75 Å². The Morgan fingerprint density at radius 3 is 2.40 bits per heavy atom. The van der Waals surface area contributed by atoms with Crippen LogP contribution in [-0.2, 0) is 19.4 Å². The van der Waals surface area contributed by atoms with E-state index in [1.165, 1.54) is 25.4 Å². The van der Waals surface area contributed by atoms with Gasteiger partial charge in [-0.2, -0.15) is 13.2 Å². The Morgan fingerprint density at radius 2 is 1.77 bits per heavy atom. The molecule has 248 valence electrons. The van der Waals surface area contributed by atoms with Gasteiger partial charge in [-0.3, -0.25) is 19.4 Å². The number of halogens is 4. The molecule has 6 atom stereocenters. The number of fused-ring (bicyclic) bond motifs is 2. The Morgan fingerprint density at radius 1 is 1.02 bits per heavy atom. The smallest absolute Gasteiger partial charge is 0.496 e. The number of sulfone groups is 1. The molecule has 15 heteroatoms. The quantitative estimate of drug-likeness (QED) is 0.263. The third-order valence-corrected chi connectivity index (χ3v) is 10.8. The SMILES string of the molecule is COc1cc(F)c(-c2ccc(C3C[C@H]3C(=O)O)nc2)cc1C(=O)N[C@@H]1[C@H]2CC[C@H](C2)[C@@H]1C(=O)Nc1cccc(S(=O)(=O)C(F)(F)F)c1. The van der Waals surface area contributed by atoms with Gasteiger partial charge in [0.05, 0.1) is 29.4 Å². The highest BCUT2D eigenvalue weighted by molar-refractivity contribution is 7.92. The second-order valence-corrected chi connectivity index (χ2v) is 14.1. The number of carboxylic acid groups (broad SMARTS) is 1. The van der Waals surface area contributed by atoms with Crippen LogP contribution in [0.15, 0.2) is 59.6 Å². The van der Waals surface area contributed by atoms with Gasteiger partial charge in [-0.1, -0.05) is 12.1 Å². The Labute approximate surface area is 266 Å². The molecule has 0 spiro atoms. The van der Waals surface area contributed by atoms with E-state index in [0.717, 1.165) is 30.7 Å². The monoisotopic (exact) mass is 675 g/mol. The molecule has 3 aromatic rings. The van der Waals surface area contributed by atoms with E-state index in [4.69, 9.17) is 4.74 Å². The van der Waals surface area contributed by atoms with E-state index in [9.17, 15) is 41.1 Å². The number of hydrogen-bond acceptors (Lipinski definition) is 7. The predicted molar refractivity (Wildman–Crippen MR) is 159 cm³/mol. The summed E-state index contributed by atoms with van der Waals surface area (Å²) in [7, 11) is -4.36. The minimum Gasteiger partial charge on any atom is -0.496 e. The van der Waals surface area contributed by atoms with Gasteiger partial charge in [0, 0.05) is 46.7 Å². The summed E-state index contributed by atoms with van der Waals surface area (Å²) in [6.07, 6.45) is 3.92. The van der Waals surface area contributed by atoms with Crippen molar-refractivity contribution < 1.29 is 50.2 Å². The maximum absolute atomic E-state index is 15.2. The van der Waals surface area contributed by atoms with Crippen molar-refractivity contribution in [1.29, 1.82) is 0 Å². The minimum absolute atomic E-state index is 0.00639. The topological polar surface area (TPSA) is 152 Å². The second kappa shape index (κ2) is 11.9. The average Bonchev–Trinajstić information content (AvgIpc) is 3.59. The zero-order chi connectivity index (χ0) is 33.8. The van der Waals surface area contributed by atoms with E-state index in [-0.39, 0.29) is 40.3 Å². The predicted octanol–water partition coefficient (Wildman–Crippen LogP) is 5.16. The number of nitrogens with zero attached hydrogens (tertiary/aromatic N) is 1. The number of carbonyl (C=O) groups excluding carboxylic acids is 2. The first-order valence-corrected chi connectivity index (χ1v) is 16.3. The van der Waals surface area contributed by atoms with E-state index in [0.29, 0.717) is 30.5 Å². The molecule has 1 aromatic heterocycles. The summed E-state index contributed by atoms with van der Waals surface area (Å²) >= 11 is 0. The van der Waals surface area contributed by atoms with Crippen molar-refractivity contribution in [3.05, 3.63) is 71.8 Å². The number of nitrogens with one attached hydrogen (secondary N) is 2. The normalized spacial score (nSPS) is 24.9. The first-order chi connectivity index (χ1) is 22.2. The molecule has 3 aliphatic carbocycles. The summed E-state index contributed by atoms with van der Waals surface area (Å²) in [4.78, 5) is 41.7. The van der Waals surface area contributed by atoms with E-state index in [1.54, 1.807) is 12.1 Å². The van der Waals surface area contributed by atoms with E-state index in [1.807, 2.05) is 0 Å². The van der Waals surface area contributed by atoms with E-state index < -0.39 is 61.7 Å². The number of carboxylic acids is 1. The number of ether oxygens (including phenoxy) is 1. The molecule has 0 radical (unpaired) electrons. The maximum Gasteiger partial charge on any atom is 0.501 e. The average molecular weight is 676 g/mol. The summed E-state index contributed by atoms with van der Waals surface area (Å²) in [5.41, 5.74) is -4.69. The van der Waals surface area contributed by atoms with Crippen LogP contribution in [0, 0.1) is 29.5 Å². The Kier molecular flexibility index (Phi) is 8.22. The number of carbonyl (C=O) groups is 3. The number of benzene rings is 2. The molecule has 1 unspecified atom stereocenters. The molecule has 0 aliphatic heterocycles. The number of aromatic nitrogens is 1. The first-order valence-electron chi connectivity index (χ1n) is 14.8. The lowest BCUT2D eigenvalue weighted by molar-refractivity contribution is -0.138. The third-order valence-electron chi connectivity index (χ3n) is 9.35. The van der Waals surface area contributed by atoms with E-state index >= 15 is 4.39 Å². The molecule has 0 saturated heterocycles. The molecule has 3 fully saturated rings. The van der Waals surface area contributed by atoms with Crippen molar-refractivity contribution in [2.24, 2.45) is 23.7 Å². The van der Waals surface area contributed by atoms with Crippen LogP contribution < -0.4 is 15.4 Å². The molecule has 2 aromatic carbocycles. The highest BCUT2D eigenvalue weighted by atomic mass is 32.2. The molecule has 3 saturated carbocycles. The van der Waals surface area contributed by atoms with Crippen molar-refractivity contribution in [3.63, 3.8) is 0 Å². The summed E-state index contributed by atoms with van der Waals surface area (Å²) < 4.78 is 83.5. The first kappa shape index (κ1) is 32.4. The molecule has 3 aliphatic rings. The number of amides is 2. The van der Waals surface area contributed by atoms with Crippen molar-refractivity contribution >= 4 is 33.3 Å². The van der Waals surface area contributed by atoms with Gasteiger partial charge in [-0.15, -0.1) is 0 Å². The van der Waals surface area contributed by atoms with E-state index in [2.05, 4.69) is 15.6 Å². The van der Waals surface area contributed by atoms with Crippen LogP contribution in [-0.4, -0.2) is 55.0 Å². The van der Waals surface area contributed by atoms with Gasteiger partial charge in [-0.05, 0) is 67.9 Å². The number of aliphatic carboxylic acids is 1. The van der Waals surface area contributed by atoms with Crippen LogP contribution in [0.1, 0.15) is 47.7 Å². The van der Waals surface area contributed by atoms with Crippen molar-refractivity contribution in [2.45, 2.75) is 48.0 Å². The second-order valence-electron chi connectivity index (χ2n) is 12.1. The fourth-order valence-electron chi connectivity index (χ4n) is 6.91.